The highest BCUT2D eigenvalue weighted by atomic mass is 16.5. The van der Waals surface area contributed by atoms with Crippen LogP contribution in [0.15, 0.2) is 0 Å². The molecule has 86 valence electrons. The Hall–Kier alpha value is -0.870. The number of aryl methyl sites for hydroxylation is 2. The number of hydrogen-bond donors (Lipinski definition) is 1. The van der Waals surface area contributed by atoms with Crippen molar-refractivity contribution < 1.29 is 4.74 Å². The van der Waals surface area contributed by atoms with Crippen LogP contribution in [0.25, 0.3) is 0 Å². The molecule has 1 heterocycles. The van der Waals surface area contributed by atoms with Crippen molar-refractivity contribution in [3.05, 3.63) is 17.0 Å². The van der Waals surface area contributed by atoms with E-state index in [1.807, 2.05) is 25.6 Å². The molecule has 1 atom stereocenters. The third kappa shape index (κ3) is 2.79. The minimum atomic E-state index is -0.0646. The van der Waals surface area contributed by atoms with Gasteiger partial charge in [-0.2, -0.15) is 5.10 Å². The molecule has 0 bridgehead atoms. The van der Waals surface area contributed by atoms with Crippen molar-refractivity contribution in [1.29, 1.82) is 0 Å². The summed E-state index contributed by atoms with van der Waals surface area (Å²) in [6.07, 6.45) is 1.03. The third-order valence-electron chi connectivity index (χ3n) is 2.58. The average molecular weight is 211 g/mol. The lowest BCUT2D eigenvalue weighted by atomic mass is 10.1. The minimum Gasteiger partial charge on any atom is -0.379 e. The summed E-state index contributed by atoms with van der Waals surface area (Å²) in [4.78, 5) is 0. The Morgan fingerprint density at radius 3 is 2.60 bits per heavy atom. The molecule has 2 N–H and O–H groups in total. The van der Waals surface area contributed by atoms with Crippen LogP contribution in [0.5, 0.6) is 0 Å². The molecule has 0 radical (unpaired) electrons. The first-order valence-corrected chi connectivity index (χ1v) is 5.41. The van der Waals surface area contributed by atoms with Crippen molar-refractivity contribution in [1.82, 2.24) is 9.78 Å². The summed E-state index contributed by atoms with van der Waals surface area (Å²) in [6, 6.07) is -0.0646. The Balaban J connectivity index is 2.68. The van der Waals surface area contributed by atoms with Crippen LogP contribution < -0.4 is 5.73 Å². The number of aromatic nitrogens is 2. The summed E-state index contributed by atoms with van der Waals surface area (Å²) in [6.45, 7) is 7.45. The molecule has 1 unspecified atom stereocenters. The number of nitrogens with two attached hydrogens (primary N) is 1. The van der Waals surface area contributed by atoms with Crippen LogP contribution in [0, 0.1) is 13.8 Å². The van der Waals surface area contributed by atoms with E-state index in [0.29, 0.717) is 6.61 Å². The van der Waals surface area contributed by atoms with Crippen molar-refractivity contribution in [3.8, 4) is 0 Å². The number of ether oxygens (including phenoxy) is 1. The van der Waals surface area contributed by atoms with Gasteiger partial charge in [-0.05, 0) is 20.3 Å². The number of rotatable bonds is 5. The fourth-order valence-corrected chi connectivity index (χ4v) is 1.76. The van der Waals surface area contributed by atoms with E-state index in [9.17, 15) is 0 Å². The van der Waals surface area contributed by atoms with Crippen LogP contribution >= 0.6 is 0 Å². The topological polar surface area (TPSA) is 53.1 Å². The predicted octanol–water partition coefficient (Wildman–Crippen LogP) is 1.46. The zero-order valence-corrected chi connectivity index (χ0v) is 10.1. The van der Waals surface area contributed by atoms with Gasteiger partial charge in [0.25, 0.3) is 0 Å². The molecule has 1 aromatic heterocycles. The molecule has 1 rings (SSSR count). The Morgan fingerprint density at radius 2 is 2.13 bits per heavy atom. The van der Waals surface area contributed by atoms with E-state index in [1.165, 1.54) is 0 Å². The molecule has 0 aliphatic heterocycles. The van der Waals surface area contributed by atoms with Crippen molar-refractivity contribution >= 4 is 0 Å². The Morgan fingerprint density at radius 1 is 1.47 bits per heavy atom. The molecule has 4 heteroatoms. The maximum absolute atomic E-state index is 6.07. The summed E-state index contributed by atoms with van der Waals surface area (Å²) >= 11 is 0. The van der Waals surface area contributed by atoms with Crippen molar-refractivity contribution in [2.75, 3.05) is 13.2 Å². The lowest BCUT2D eigenvalue weighted by molar-refractivity contribution is 0.121. The molecule has 0 amide bonds. The van der Waals surface area contributed by atoms with Gasteiger partial charge in [-0.15, -0.1) is 0 Å². The van der Waals surface area contributed by atoms with Gasteiger partial charge in [0.1, 0.15) is 0 Å². The lowest BCUT2D eigenvalue weighted by Gasteiger charge is -2.12. The van der Waals surface area contributed by atoms with Gasteiger partial charge in [-0.25, -0.2) is 0 Å². The van der Waals surface area contributed by atoms with E-state index in [-0.39, 0.29) is 6.04 Å². The highest BCUT2D eigenvalue weighted by Crippen LogP contribution is 2.19. The first-order chi connectivity index (χ1) is 7.07. The zero-order chi connectivity index (χ0) is 11.4. The average Bonchev–Trinajstić information content (AvgIpc) is 2.41. The first kappa shape index (κ1) is 12.2. The number of hydrogen-bond acceptors (Lipinski definition) is 3. The van der Waals surface area contributed by atoms with Crippen molar-refractivity contribution in [3.63, 3.8) is 0 Å². The van der Waals surface area contributed by atoms with Gasteiger partial charge in [0.05, 0.1) is 18.3 Å². The van der Waals surface area contributed by atoms with E-state index >= 15 is 0 Å². The summed E-state index contributed by atoms with van der Waals surface area (Å²) in [7, 11) is 1.94. The maximum atomic E-state index is 6.07. The fraction of sp³-hybridized carbons (Fsp3) is 0.727. The predicted molar refractivity (Wildman–Crippen MR) is 60.7 cm³/mol. The van der Waals surface area contributed by atoms with Gasteiger partial charge >= 0.3 is 0 Å². The fourth-order valence-electron chi connectivity index (χ4n) is 1.76. The lowest BCUT2D eigenvalue weighted by Crippen LogP contribution is -2.19. The molecule has 0 spiro atoms. The second-order valence-electron chi connectivity index (χ2n) is 3.89. The molecule has 4 nitrogen and oxygen atoms in total. The van der Waals surface area contributed by atoms with Crippen LogP contribution in [0.2, 0.25) is 0 Å². The normalized spacial score (nSPS) is 13.1. The summed E-state index contributed by atoms with van der Waals surface area (Å²) in [5.41, 5.74) is 9.32. The molecule has 0 aliphatic rings. The second kappa shape index (κ2) is 5.28. The Labute approximate surface area is 91.4 Å². The van der Waals surface area contributed by atoms with Crippen LogP contribution in [0.4, 0.5) is 0 Å². The van der Waals surface area contributed by atoms with Crippen LogP contribution in [-0.2, 0) is 11.8 Å². The van der Waals surface area contributed by atoms with Crippen LogP contribution in [0.3, 0.4) is 0 Å². The Bertz CT molecular complexity index is 320. The van der Waals surface area contributed by atoms with Gasteiger partial charge in [0.2, 0.25) is 0 Å². The molecule has 15 heavy (non-hydrogen) atoms. The summed E-state index contributed by atoms with van der Waals surface area (Å²) in [5.74, 6) is 0. The molecule has 0 fully saturated rings. The minimum absolute atomic E-state index is 0.0646. The maximum Gasteiger partial charge on any atom is 0.0660 e. The smallest absolute Gasteiger partial charge is 0.0660 e. The molecular formula is C11H21N3O. The van der Waals surface area contributed by atoms with Crippen molar-refractivity contribution in [2.24, 2.45) is 12.8 Å². The molecule has 0 aromatic carbocycles. The van der Waals surface area contributed by atoms with Gasteiger partial charge in [-0.3, -0.25) is 4.68 Å². The van der Waals surface area contributed by atoms with Crippen LogP contribution in [-0.4, -0.2) is 23.0 Å². The van der Waals surface area contributed by atoms with Gasteiger partial charge in [0.15, 0.2) is 0 Å². The highest BCUT2D eigenvalue weighted by molar-refractivity contribution is 5.27. The van der Waals surface area contributed by atoms with E-state index in [1.54, 1.807) is 0 Å². The third-order valence-corrected chi connectivity index (χ3v) is 2.58. The molecule has 1 aromatic rings. The van der Waals surface area contributed by atoms with Gasteiger partial charge in [-0.1, -0.05) is 6.92 Å². The SMILES string of the molecule is CCCOCC(N)c1c(C)nn(C)c1C. The summed E-state index contributed by atoms with van der Waals surface area (Å²) in [5, 5.41) is 4.34. The largest absolute Gasteiger partial charge is 0.379 e. The van der Waals surface area contributed by atoms with Gasteiger partial charge < -0.3 is 10.5 Å². The molecular weight excluding hydrogens is 190 g/mol. The second-order valence-corrected chi connectivity index (χ2v) is 3.89. The van der Waals surface area contributed by atoms with Gasteiger partial charge in [0, 0.05) is 24.9 Å². The van der Waals surface area contributed by atoms with Crippen molar-refractivity contribution in [2.45, 2.75) is 33.2 Å². The first-order valence-electron chi connectivity index (χ1n) is 5.41. The van der Waals surface area contributed by atoms with E-state index < -0.39 is 0 Å². The molecule has 0 aliphatic carbocycles. The van der Waals surface area contributed by atoms with E-state index in [0.717, 1.165) is 30.0 Å². The van der Waals surface area contributed by atoms with Crippen LogP contribution in [0.1, 0.15) is 36.3 Å². The Kier molecular flexibility index (Phi) is 4.29. The standard InChI is InChI=1S/C11H21N3O/c1-5-6-15-7-10(12)11-8(2)13-14(4)9(11)3/h10H,5-7,12H2,1-4H3. The quantitative estimate of drug-likeness (QED) is 0.750. The number of nitrogens with zero attached hydrogens (tertiary/aromatic N) is 2. The van der Waals surface area contributed by atoms with E-state index in [4.69, 9.17) is 10.5 Å². The summed E-state index contributed by atoms with van der Waals surface area (Å²) < 4.78 is 7.32. The van der Waals surface area contributed by atoms with E-state index in [2.05, 4.69) is 12.0 Å². The zero-order valence-electron chi connectivity index (χ0n) is 10.1. The monoisotopic (exact) mass is 211 g/mol. The highest BCUT2D eigenvalue weighted by Gasteiger charge is 2.16. The molecule has 0 saturated heterocycles. The molecule has 0 saturated carbocycles.